The van der Waals surface area contributed by atoms with Crippen LogP contribution in [-0.2, 0) is 4.74 Å². The van der Waals surface area contributed by atoms with Gasteiger partial charge in [-0.15, -0.1) is 0 Å². The van der Waals surface area contributed by atoms with E-state index in [1.54, 1.807) is 7.11 Å². The summed E-state index contributed by atoms with van der Waals surface area (Å²) in [4.78, 5) is 2.27. The van der Waals surface area contributed by atoms with Crippen molar-refractivity contribution in [1.29, 1.82) is 0 Å². The van der Waals surface area contributed by atoms with E-state index in [0.29, 0.717) is 6.04 Å². The summed E-state index contributed by atoms with van der Waals surface area (Å²) >= 11 is 0. The Bertz CT molecular complexity index is 96.5. The second kappa shape index (κ2) is 7.53. The number of nitrogens with two attached hydrogens (primary N) is 1. The number of hydrogen-bond acceptors (Lipinski definition) is 3. The molecule has 0 fully saturated rings. The third-order valence-corrected chi connectivity index (χ3v) is 1.88. The highest BCUT2D eigenvalue weighted by Gasteiger charge is 1.98. The standard InChI is InChI=1S/C9H22N2O/c1-9(10)5-4-6-11(2)7-8-12-3/h9H,4-8,10H2,1-3H3. The Labute approximate surface area is 75.9 Å². The monoisotopic (exact) mass is 174 g/mol. The summed E-state index contributed by atoms with van der Waals surface area (Å²) in [5.74, 6) is 0. The molecule has 0 spiro atoms. The number of rotatable bonds is 7. The molecule has 0 amide bonds. The minimum absolute atomic E-state index is 0.334. The molecule has 1 unspecified atom stereocenters. The lowest BCUT2D eigenvalue weighted by Crippen LogP contribution is -2.25. The molecular weight excluding hydrogens is 152 g/mol. The average Bonchev–Trinajstić information content (AvgIpc) is 2.00. The molecule has 2 N–H and O–H groups in total. The summed E-state index contributed by atoms with van der Waals surface area (Å²) in [5.41, 5.74) is 5.64. The second-order valence-electron chi connectivity index (χ2n) is 3.42. The zero-order valence-corrected chi connectivity index (χ0v) is 8.55. The van der Waals surface area contributed by atoms with Crippen molar-refractivity contribution in [3.05, 3.63) is 0 Å². The maximum absolute atomic E-state index is 5.64. The van der Waals surface area contributed by atoms with E-state index < -0.39 is 0 Å². The van der Waals surface area contributed by atoms with Gasteiger partial charge in [-0.25, -0.2) is 0 Å². The molecule has 0 aliphatic rings. The minimum Gasteiger partial charge on any atom is -0.383 e. The van der Waals surface area contributed by atoms with Crippen LogP contribution in [0.5, 0.6) is 0 Å². The minimum atomic E-state index is 0.334. The fraction of sp³-hybridized carbons (Fsp3) is 1.00. The second-order valence-corrected chi connectivity index (χ2v) is 3.42. The molecule has 74 valence electrons. The number of methoxy groups -OCH3 is 1. The fourth-order valence-corrected chi connectivity index (χ4v) is 1.04. The summed E-state index contributed by atoms with van der Waals surface area (Å²) in [6.07, 6.45) is 2.29. The van der Waals surface area contributed by atoms with E-state index in [4.69, 9.17) is 10.5 Å². The van der Waals surface area contributed by atoms with Gasteiger partial charge in [-0.05, 0) is 33.4 Å². The zero-order chi connectivity index (χ0) is 9.40. The highest BCUT2D eigenvalue weighted by Crippen LogP contribution is 1.95. The predicted molar refractivity (Wildman–Crippen MR) is 52.3 cm³/mol. The van der Waals surface area contributed by atoms with Crippen LogP contribution in [0.15, 0.2) is 0 Å². The molecule has 0 aromatic heterocycles. The molecule has 0 heterocycles. The average molecular weight is 174 g/mol. The Balaban J connectivity index is 3.13. The van der Waals surface area contributed by atoms with Gasteiger partial charge < -0.3 is 15.4 Å². The first-order valence-electron chi connectivity index (χ1n) is 4.60. The van der Waals surface area contributed by atoms with Gasteiger partial charge in [0.1, 0.15) is 0 Å². The van der Waals surface area contributed by atoms with Crippen molar-refractivity contribution >= 4 is 0 Å². The molecule has 0 aromatic carbocycles. The summed E-state index contributed by atoms with van der Waals surface area (Å²) in [7, 11) is 3.84. The van der Waals surface area contributed by atoms with Crippen LogP contribution >= 0.6 is 0 Å². The number of nitrogens with zero attached hydrogens (tertiary/aromatic N) is 1. The van der Waals surface area contributed by atoms with Crippen LogP contribution in [0.3, 0.4) is 0 Å². The zero-order valence-electron chi connectivity index (χ0n) is 8.55. The van der Waals surface area contributed by atoms with Gasteiger partial charge in [0, 0.05) is 19.7 Å². The largest absolute Gasteiger partial charge is 0.383 e. The Morgan fingerprint density at radius 3 is 2.58 bits per heavy atom. The van der Waals surface area contributed by atoms with Crippen molar-refractivity contribution in [2.24, 2.45) is 5.73 Å². The Hall–Kier alpha value is -0.120. The number of likely N-dealkylation sites (N-methyl/N-ethyl adjacent to an activating group) is 1. The molecule has 0 saturated heterocycles. The molecule has 3 nitrogen and oxygen atoms in total. The topological polar surface area (TPSA) is 38.5 Å². The molecule has 0 radical (unpaired) electrons. The van der Waals surface area contributed by atoms with Crippen molar-refractivity contribution in [2.75, 3.05) is 33.9 Å². The highest BCUT2D eigenvalue weighted by atomic mass is 16.5. The van der Waals surface area contributed by atoms with Gasteiger partial charge in [0.25, 0.3) is 0 Å². The first-order chi connectivity index (χ1) is 5.66. The molecule has 12 heavy (non-hydrogen) atoms. The number of ether oxygens (including phenoxy) is 1. The van der Waals surface area contributed by atoms with E-state index in [1.165, 1.54) is 6.42 Å². The third kappa shape index (κ3) is 7.98. The van der Waals surface area contributed by atoms with Gasteiger partial charge in [-0.2, -0.15) is 0 Å². The van der Waals surface area contributed by atoms with Gasteiger partial charge >= 0.3 is 0 Å². The molecular formula is C9H22N2O. The van der Waals surface area contributed by atoms with Gasteiger partial charge in [-0.3, -0.25) is 0 Å². The maximum atomic E-state index is 5.64. The normalized spacial score (nSPS) is 13.8. The van der Waals surface area contributed by atoms with Crippen LogP contribution in [-0.4, -0.2) is 44.8 Å². The van der Waals surface area contributed by atoms with Crippen molar-refractivity contribution in [2.45, 2.75) is 25.8 Å². The van der Waals surface area contributed by atoms with Crippen LogP contribution in [0.1, 0.15) is 19.8 Å². The van der Waals surface area contributed by atoms with Crippen molar-refractivity contribution < 1.29 is 4.74 Å². The SMILES string of the molecule is COCCN(C)CCCC(C)N. The summed E-state index contributed by atoms with van der Waals surface area (Å²) < 4.78 is 4.97. The van der Waals surface area contributed by atoms with Crippen molar-refractivity contribution in [1.82, 2.24) is 4.90 Å². The summed E-state index contributed by atoms with van der Waals surface area (Å²) in [5, 5.41) is 0. The Kier molecular flexibility index (Phi) is 7.45. The van der Waals surface area contributed by atoms with Gasteiger partial charge in [0.2, 0.25) is 0 Å². The highest BCUT2D eigenvalue weighted by molar-refractivity contribution is 4.56. The smallest absolute Gasteiger partial charge is 0.0589 e. The Morgan fingerprint density at radius 1 is 1.42 bits per heavy atom. The lowest BCUT2D eigenvalue weighted by molar-refractivity contribution is 0.160. The molecule has 3 heteroatoms. The molecule has 1 atom stereocenters. The first-order valence-corrected chi connectivity index (χ1v) is 4.60. The van der Waals surface area contributed by atoms with E-state index in [-0.39, 0.29) is 0 Å². The quantitative estimate of drug-likeness (QED) is 0.617. The number of hydrogen-bond donors (Lipinski definition) is 1. The lowest BCUT2D eigenvalue weighted by Gasteiger charge is -2.16. The van der Waals surface area contributed by atoms with E-state index in [0.717, 1.165) is 26.1 Å². The molecule has 0 bridgehead atoms. The van der Waals surface area contributed by atoms with E-state index in [2.05, 4.69) is 18.9 Å². The lowest BCUT2D eigenvalue weighted by atomic mass is 10.2. The van der Waals surface area contributed by atoms with Crippen molar-refractivity contribution in [3.63, 3.8) is 0 Å². The van der Waals surface area contributed by atoms with Crippen LogP contribution in [0.4, 0.5) is 0 Å². The van der Waals surface area contributed by atoms with Crippen molar-refractivity contribution in [3.8, 4) is 0 Å². The molecule has 0 saturated carbocycles. The fourth-order valence-electron chi connectivity index (χ4n) is 1.04. The molecule has 0 rings (SSSR count). The van der Waals surface area contributed by atoms with Crippen LogP contribution in [0.2, 0.25) is 0 Å². The van der Waals surface area contributed by atoms with Crippen LogP contribution < -0.4 is 5.73 Å². The van der Waals surface area contributed by atoms with E-state index in [9.17, 15) is 0 Å². The van der Waals surface area contributed by atoms with Crippen LogP contribution in [0, 0.1) is 0 Å². The van der Waals surface area contributed by atoms with Gasteiger partial charge in [0.15, 0.2) is 0 Å². The third-order valence-electron chi connectivity index (χ3n) is 1.88. The summed E-state index contributed by atoms with van der Waals surface area (Å²) in [6.45, 7) is 4.99. The van der Waals surface area contributed by atoms with Crippen LogP contribution in [0.25, 0.3) is 0 Å². The molecule has 0 aliphatic heterocycles. The van der Waals surface area contributed by atoms with Gasteiger partial charge in [0.05, 0.1) is 6.61 Å². The Morgan fingerprint density at radius 2 is 2.08 bits per heavy atom. The predicted octanol–water partition coefficient (Wildman–Crippen LogP) is 0.692. The van der Waals surface area contributed by atoms with E-state index in [1.807, 2.05) is 0 Å². The maximum Gasteiger partial charge on any atom is 0.0589 e. The van der Waals surface area contributed by atoms with E-state index >= 15 is 0 Å². The molecule has 0 aliphatic carbocycles. The molecule has 0 aromatic rings. The summed E-state index contributed by atoms with van der Waals surface area (Å²) in [6, 6.07) is 0.334. The van der Waals surface area contributed by atoms with Gasteiger partial charge in [-0.1, -0.05) is 0 Å². The first kappa shape index (κ1) is 11.9.